The van der Waals surface area contributed by atoms with Crippen LogP contribution in [0, 0.1) is 5.41 Å². The Labute approximate surface area is 81.4 Å². The van der Waals surface area contributed by atoms with Crippen molar-refractivity contribution in [3.63, 3.8) is 0 Å². The van der Waals surface area contributed by atoms with Gasteiger partial charge in [0.25, 0.3) is 0 Å². The molecule has 12 heavy (non-hydrogen) atoms. The van der Waals surface area contributed by atoms with Crippen LogP contribution in [0.3, 0.4) is 0 Å². The highest BCUT2D eigenvalue weighted by Gasteiger charge is 2.49. The van der Waals surface area contributed by atoms with Crippen molar-refractivity contribution in [2.24, 2.45) is 5.41 Å². The Morgan fingerprint density at radius 3 is 2.58 bits per heavy atom. The summed E-state index contributed by atoms with van der Waals surface area (Å²) < 4.78 is 5.08. The molecule has 1 aliphatic heterocycles. The molecule has 1 unspecified atom stereocenters. The van der Waals surface area contributed by atoms with E-state index >= 15 is 0 Å². The summed E-state index contributed by atoms with van der Waals surface area (Å²) >= 11 is 4.11. The lowest BCUT2D eigenvalue weighted by molar-refractivity contribution is -0.160. The zero-order chi connectivity index (χ0) is 9.19. The first-order valence-corrected chi connectivity index (χ1v) is 5.70. The summed E-state index contributed by atoms with van der Waals surface area (Å²) in [4.78, 5) is 11.5. The minimum absolute atomic E-state index is 0.0581. The molecule has 0 aliphatic carbocycles. The van der Waals surface area contributed by atoms with E-state index in [1.165, 1.54) is 10.8 Å². The lowest BCUT2D eigenvalue weighted by atomic mass is 9.82. The Bertz CT molecular complexity index is 182. The average molecular weight is 207 g/mol. The number of hydrogen-bond acceptors (Lipinski definition) is 4. The van der Waals surface area contributed by atoms with Gasteiger partial charge in [0.15, 0.2) is 0 Å². The van der Waals surface area contributed by atoms with Crippen molar-refractivity contribution in [2.45, 2.75) is 12.2 Å². The number of hydrogen-bond donors (Lipinski definition) is 2. The summed E-state index contributed by atoms with van der Waals surface area (Å²) in [5.74, 6) is 0.0581. The molecule has 0 saturated carbocycles. The minimum Gasteiger partial charge on any atom is -0.379 e. The van der Waals surface area contributed by atoms with Gasteiger partial charge in [-0.1, -0.05) is 17.7 Å². The minimum atomic E-state index is -0.346. The van der Waals surface area contributed by atoms with Gasteiger partial charge in [0.2, 0.25) is 5.91 Å². The molecule has 5 heteroatoms. The number of amides is 1. The maximum absolute atomic E-state index is 11.5. The molecule has 1 saturated heterocycles. The van der Waals surface area contributed by atoms with Crippen LogP contribution >= 0.6 is 22.5 Å². The fraction of sp³-hybridized carbons (Fsp3) is 0.857. The van der Waals surface area contributed by atoms with Gasteiger partial charge in [0.1, 0.15) is 5.41 Å². The van der Waals surface area contributed by atoms with Crippen LogP contribution in [-0.2, 0) is 9.53 Å². The second kappa shape index (κ2) is 3.89. The first-order valence-electron chi connectivity index (χ1n) is 3.77. The zero-order valence-electron chi connectivity index (χ0n) is 7.16. The van der Waals surface area contributed by atoms with Crippen molar-refractivity contribution in [2.75, 3.05) is 20.3 Å². The molecule has 1 amide bonds. The van der Waals surface area contributed by atoms with Gasteiger partial charge in [-0.15, -0.1) is 11.7 Å². The van der Waals surface area contributed by atoms with Crippen molar-refractivity contribution < 1.29 is 9.53 Å². The Morgan fingerprint density at radius 1 is 1.75 bits per heavy atom. The van der Waals surface area contributed by atoms with Gasteiger partial charge in [0, 0.05) is 12.3 Å². The first-order chi connectivity index (χ1) is 5.67. The van der Waals surface area contributed by atoms with Crippen LogP contribution in [0.2, 0.25) is 0 Å². The second-order valence-electron chi connectivity index (χ2n) is 2.98. The van der Waals surface area contributed by atoms with Gasteiger partial charge in [-0.05, 0) is 0 Å². The lowest BCUT2D eigenvalue weighted by Crippen LogP contribution is -2.58. The summed E-state index contributed by atoms with van der Waals surface area (Å²) in [7, 11) is 3.06. The fourth-order valence-electron chi connectivity index (χ4n) is 1.22. The Hall–Kier alpha value is 0.130. The summed E-state index contributed by atoms with van der Waals surface area (Å²) in [6, 6.07) is 0. The lowest BCUT2D eigenvalue weighted by Gasteiger charge is -2.42. The molecule has 0 bridgehead atoms. The van der Waals surface area contributed by atoms with Crippen LogP contribution in [0.5, 0.6) is 0 Å². The number of thiol groups is 1. The molecule has 1 atom stereocenters. The molecule has 0 aromatic carbocycles. The van der Waals surface area contributed by atoms with Crippen molar-refractivity contribution in [1.82, 2.24) is 5.32 Å². The summed E-state index contributed by atoms with van der Waals surface area (Å²) in [5, 5.41) is 2.85. The molecule has 1 N–H and O–H groups in total. The van der Waals surface area contributed by atoms with E-state index in [1.807, 2.05) is 6.92 Å². The predicted octanol–water partition coefficient (Wildman–Crippen LogP) is 0.715. The average Bonchev–Trinajstić information content (AvgIpc) is 2.01. The quantitative estimate of drug-likeness (QED) is 0.529. The van der Waals surface area contributed by atoms with Crippen LogP contribution < -0.4 is 5.32 Å². The second-order valence-corrected chi connectivity index (χ2v) is 4.53. The molecule has 0 aromatic rings. The molecule has 70 valence electrons. The SMILES string of the molecule is CNC(=O)C1(C(C)SS)COC1. The van der Waals surface area contributed by atoms with E-state index in [2.05, 4.69) is 17.0 Å². The number of nitrogens with one attached hydrogen (secondary N) is 1. The van der Waals surface area contributed by atoms with E-state index in [0.29, 0.717) is 13.2 Å². The molecule has 1 aliphatic rings. The van der Waals surface area contributed by atoms with Gasteiger partial charge >= 0.3 is 0 Å². The molecule has 3 nitrogen and oxygen atoms in total. The number of rotatable bonds is 3. The van der Waals surface area contributed by atoms with Crippen molar-refractivity contribution in [3.05, 3.63) is 0 Å². The third kappa shape index (κ3) is 1.45. The van der Waals surface area contributed by atoms with Crippen molar-refractivity contribution >= 4 is 28.4 Å². The Balaban J connectivity index is 2.68. The maximum Gasteiger partial charge on any atom is 0.231 e. The van der Waals surface area contributed by atoms with E-state index in [4.69, 9.17) is 4.74 Å². The molecule has 0 spiro atoms. The highest BCUT2D eigenvalue weighted by Crippen LogP contribution is 2.39. The van der Waals surface area contributed by atoms with Gasteiger partial charge in [-0.3, -0.25) is 4.79 Å². The van der Waals surface area contributed by atoms with Crippen LogP contribution in [0.1, 0.15) is 6.92 Å². The van der Waals surface area contributed by atoms with E-state index in [1.54, 1.807) is 7.05 Å². The molecule has 1 heterocycles. The zero-order valence-corrected chi connectivity index (χ0v) is 8.87. The van der Waals surface area contributed by atoms with Crippen LogP contribution in [0.25, 0.3) is 0 Å². The molecule has 1 fully saturated rings. The van der Waals surface area contributed by atoms with E-state index in [0.717, 1.165) is 0 Å². The van der Waals surface area contributed by atoms with E-state index in [9.17, 15) is 4.79 Å². The smallest absolute Gasteiger partial charge is 0.231 e. The van der Waals surface area contributed by atoms with E-state index < -0.39 is 0 Å². The monoisotopic (exact) mass is 207 g/mol. The van der Waals surface area contributed by atoms with Gasteiger partial charge in [-0.2, -0.15) is 0 Å². The summed E-state index contributed by atoms with van der Waals surface area (Å²) in [6.45, 7) is 3.03. The fourth-order valence-corrected chi connectivity index (χ4v) is 2.27. The Morgan fingerprint density at radius 2 is 2.33 bits per heavy atom. The molecule has 1 rings (SSSR count). The molecule has 0 aromatic heterocycles. The van der Waals surface area contributed by atoms with E-state index in [-0.39, 0.29) is 16.6 Å². The highest BCUT2D eigenvalue weighted by atomic mass is 33.1. The molecular weight excluding hydrogens is 194 g/mol. The third-order valence-electron chi connectivity index (χ3n) is 2.33. The summed E-state index contributed by atoms with van der Waals surface area (Å²) in [6.07, 6.45) is 0. The Kier molecular flexibility index (Phi) is 3.31. The van der Waals surface area contributed by atoms with Crippen LogP contribution in [0.4, 0.5) is 0 Å². The highest BCUT2D eigenvalue weighted by molar-refractivity contribution is 8.68. The third-order valence-corrected chi connectivity index (χ3v) is 4.05. The molecule has 0 radical (unpaired) electrons. The number of ether oxygens (including phenoxy) is 1. The largest absolute Gasteiger partial charge is 0.379 e. The van der Waals surface area contributed by atoms with Gasteiger partial charge in [-0.25, -0.2) is 0 Å². The topological polar surface area (TPSA) is 38.3 Å². The van der Waals surface area contributed by atoms with Crippen molar-refractivity contribution in [1.29, 1.82) is 0 Å². The van der Waals surface area contributed by atoms with Crippen molar-refractivity contribution in [3.8, 4) is 0 Å². The molecular formula is C7H13NO2S2. The number of carbonyl (C=O) groups excluding carboxylic acids is 1. The van der Waals surface area contributed by atoms with Crippen LogP contribution in [-0.4, -0.2) is 31.4 Å². The summed E-state index contributed by atoms with van der Waals surface area (Å²) in [5.41, 5.74) is -0.346. The van der Waals surface area contributed by atoms with Crippen LogP contribution in [0.15, 0.2) is 0 Å². The predicted molar refractivity (Wildman–Crippen MR) is 53.4 cm³/mol. The number of carbonyl (C=O) groups is 1. The first kappa shape index (κ1) is 10.2. The normalized spacial score (nSPS) is 22.6. The standard InChI is InChI=1S/C7H13NO2S2/c1-5(12-11)7(3-10-4-7)6(9)8-2/h5,11H,3-4H2,1-2H3,(H,8,9). The maximum atomic E-state index is 11.5. The van der Waals surface area contributed by atoms with Gasteiger partial charge in [0.05, 0.1) is 13.2 Å². The van der Waals surface area contributed by atoms with Gasteiger partial charge < -0.3 is 10.1 Å².